The molecule has 2 fully saturated rings. The van der Waals surface area contributed by atoms with E-state index >= 15 is 0 Å². The molecule has 3 aromatic carbocycles. The fourth-order valence-corrected chi connectivity index (χ4v) is 5.67. The van der Waals surface area contributed by atoms with Gasteiger partial charge in [-0.3, -0.25) is 4.90 Å². The normalized spacial score (nSPS) is 21.0. The molecule has 0 bridgehead atoms. The maximum absolute atomic E-state index is 13.8. The molecule has 0 unspecified atom stereocenters. The highest BCUT2D eigenvalue weighted by Gasteiger charge is 2.52. The number of carbonyl (C=O) groups excluding carboxylic acids is 1. The predicted molar refractivity (Wildman–Crippen MR) is 131 cm³/mol. The van der Waals surface area contributed by atoms with Crippen molar-refractivity contribution in [2.45, 2.75) is 56.5 Å². The Hall–Kier alpha value is -3.90. The number of hydrogen-bond donors (Lipinski definition) is 0. The molecule has 2 aliphatic rings. The number of methoxy groups -OCH3 is 1. The number of carbonyl (C=O) groups is 1. The van der Waals surface area contributed by atoms with Gasteiger partial charge in [-0.05, 0) is 78.4 Å². The number of rotatable bonds is 4. The quantitative estimate of drug-likeness (QED) is 0.279. The minimum atomic E-state index is -5.11. The second kappa shape index (κ2) is 10.1. The number of hydrogen-bond acceptors (Lipinski definition) is 3. The average Bonchev–Trinajstić information content (AvgIpc) is 3.47. The lowest BCUT2D eigenvalue weighted by molar-refractivity contribution is -0.143. The van der Waals surface area contributed by atoms with Crippen molar-refractivity contribution in [2.24, 2.45) is 0 Å². The molecule has 3 atom stereocenters. The van der Waals surface area contributed by atoms with E-state index in [0.29, 0.717) is 29.0 Å². The molecular weight excluding hydrogens is 581 g/mol. The summed E-state index contributed by atoms with van der Waals surface area (Å²) >= 11 is 0. The van der Waals surface area contributed by atoms with Gasteiger partial charge in [0.2, 0.25) is 0 Å². The van der Waals surface area contributed by atoms with Crippen molar-refractivity contribution in [3.05, 3.63) is 88.0 Å². The highest BCUT2D eigenvalue weighted by molar-refractivity contribution is 5.77. The molecule has 0 spiro atoms. The molecular formula is C29H22F9NO3. The van der Waals surface area contributed by atoms with Crippen LogP contribution in [0.25, 0.3) is 11.1 Å². The summed E-state index contributed by atoms with van der Waals surface area (Å²) in [5, 5.41) is 0. The Morgan fingerprint density at radius 3 is 1.93 bits per heavy atom. The molecule has 2 aliphatic heterocycles. The zero-order valence-corrected chi connectivity index (χ0v) is 21.9. The van der Waals surface area contributed by atoms with Gasteiger partial charge >= 0.3 is 24.6 Å². The van der Waals surface area contributed by atoms with Crippen LogP contribution in [0.3, 0.4) is 0 Å². The Morgan fingerprint density at radius 1 is 0.762 bits per heavy atom. The van der Waals surface area contributed by atoms with Gasteiger partial charge in [0.25, 0.3) is 0 Å². The first-order valence-corrected chi connectivity index (χ1v) is 12.6. The van der Waals surface area contributed by atoms with Crippen molar-refractivity contribution >= 4 is 6.09 Å². The summed E-state index contributed by atoms with van der Waals surface area (Å²) in [6, 6.07) is 7.03. The number of halogens is 9. The number of nitrogens with zero attached hydrogens (tertiary/aromatic N) is 1. The zero-order valence-electron chi connectivity index (χ0n) is 21.9. The van der Waals surface area contributed by atoms with Crippen molar-refractivity contribution in [3.63, 3.8) is 0 Å². The third-order valence-corrected chi connectivity index (χ3v) is 7.54. The molecule has 0 N–H and O–H groups in total. The SMILES string of the molecule is COc1cc(C)ccc1-c1ccc(C(F)(F)F)cc1[C@@H]1CC[C@H]2[C@@H](c3cc(C(F)(F)F)cc(C(F)(F)F)c3)OC(=O)N12. The van der Waals surface area contributed by atoms with E-state index in [0.717, 1.165) is 22.6 Å². The molecule has 0 saturated carbocycles. The molecule has 0 aliphatic carbocycles. The highest BCUT2D eigenvalue weighted by atomic mass is 19.4. The third-order valence-electron chi connectivity index (χ3n) is 7.54. The summed E-state index contributed by atoms with van der Waals surface area (Å²) in [6.45, 7) is 1.79. The van der Waals surface area contributed by atoms with E-state index in [9.17, 15) is 44.3 Å². The molecule has 2 heterocycles. The van der Waals surface area contributed by atoms with Crippen LogP contribution in [0.2, 0.25) is 0 Å². The zero-order chi connectivity index (χ0) is 30.8. The van der Waals surface area contributed by atoms with Gasteiger partial charge in [-0.15, -0.1) is 0 Å². The van der Waals surface area contributed by atoms with Gasteiger partial charge in [0.15, 0.2) is 0 Å². The summed E-state index contributed by atoms with van der Waals surface area (Å²) in [5.74, 6) is 0.357. The Morgan fingerprint density at radius 2 is 1.36 bits per heavy atom. The molecule has 0 aromatic heterocycles. The number of ether oxygens (including phenoxy) is 2. The van der Waals surface area contributed by atoms with Crippen LogP contribution in [0.15, 0.2) is 54.6 Å². The third kappa shape index (κ3) is 5.36. The van der Waals surface area contributed by atoms with Crippen molar-refractivity contribution in [2.75, 3.05) is 7.11 Å². The number of benzene rings is 3. The first kappa shape index (κ1) is 29.6. The second-order valence-electron chi connectivity index (χ2n) is 10.2. The Labute approximate surface area is 233 Å². The maximum Gasteiger partial charge on any atom is 0.416 e. The minimum absolute atomic E-state index is 0.0284. The number of cyclic esters (lactones) is 1. The van der Waals surface area contributed by atoms with Crippen LogP contribution in [0.1, 0.15) is 58.4 Å². The lowest BCUT2D eigenvalue weighted by Crippen LogP contribution is -2.31. The van der Waals surface area contributed by atoms with Crippen LogP contribution in [0.4, 0.5) is 44.3 Å². The van der Waals surface area contributed by atoms with Crippen LogP contribution in [-0.4, -0.2) is 24.1 Å². The first-order valence-electron chi connectivity index (χ1n) is 12.6. The van der Waals surface area contributed by atoms with Gasteiger partial charge in [-0.2, -0.15) is 39.5 Å². The molecule has 42 heavy (non-hydrogen) atoms. The smallest absolute Gasteiger partial charge is 0.416 e. The van der Waals surface area contributed by atoms with E-state index in [-0.39, 0.29) is 24.5 Å². The fraction of sp³-hybridized carbons (Fsp3) is 0.345. The van der Waals surface area contributed by atoms with E-state index < -0.39 is 65.1 Å². The van der Waals surface area contributed by atoms with Crippen LogP contribution >= 0.6 is 0 Å². The number of amides is 1. The summed E-state index contributed by atoms with van der Waals surface area (Å²) < 4.78 is 133. The van der Waals surface area contributed by atoms with Crippen LogP contribution in [0, 0.1) is 6.92 Å². The fourth-order valence-electron chi connectivity index (χ4n) is 5.67. The predicted octanol–water partition coefficient (Wildman–Crippen LogP) is 9.12. The number of alkyl halides is 9. The maximum atomic E-state index is 13.8. The van der Waals surface area contributed by atoms with Crippen molar-refractivity contribution in [1.82, 2.24) is 4.90 Å². The largest absolute Gasteiger partial charge is 0.496 e. The van der Waals surface area contributed by atoms with Crippen LogP contribution in [0.5, 0.6) is 5.75 Å². The summed E-state index contributed by atoms with van der Waals surface area (Å²) in [4.78, 5) is 14.2. The monoisotopic (exact) mass is 603 g/mol. The van der Waals surface area contributed by atoms with Crippen molar-refractivity contribution in [1.29, 1.82) is 0 Å². The first-order chi connectivity index (χ1) is 19.5. The molecule has 1 amide bonds. The number of fused-ring (bicyclic) bond motifs is 1. The van der Waals surface area contributed by atoms with E-state index in [1.165, 1.54) is 13.2 Å². The summed E-state index contributed by atoms with van der Waals surface area (Å²) in [7, 11) is 1.39. The van der Waals surface area contributed by atoms with Crippen LogP contribution in [-0.2, 0) is 23.3 Å². The molecule has 0 radical (unpaired) electrons. The van der Waals surface area contributed by atoms with Gasteiger partial charge in [-0.1, -0.05) is 18.2 Å². The van der Waals surface area contributed by atoms with E-state index in [4.69, 9.17) is 9.47 Å². The van der Waals surface area contributed by atoms with Gasteiger partial charge < -0.3 is 9.47 Å². The van der Waals surface area contributed by atoms with Gasteiger partial charge in [0, 0.05) is 5.56 Å². The summed E-state index contributed by atoms with van der Waals surface area (Å²) in [5.41, 5.74) is -2.98. The average molecular weight is 603 g/mol. The van der Waals surface area contributed by atoms with Crippen molar-refractivity contribution < 1.29 is 53.8 Å². The topological polar surface area (TPSA) is 38.8 Å². The molecule has 5 rings (SSSR count). The Balaban J connectivity index is 1.60. The molecule has 2 saturated heterocycles. The van der Waals surface area contributed by atoms with E-state index in [1.54, 1.807) is 25.1 Å². The lowest BCUT2D eigenvalue weighted by Gasteiger charge is -2.26. The van der Waals surface area contributed by atoms with Gasteiger partial charge in [0.05, 0.1) is 35.9 Å². The lowest BCUT2D eigenvalue weighted by atomic mass is 9.90. The Bertz CT molecular complexity index is 1500. The Kier molecular flexibility index (Phi) is 7.13. The van der Waals surface area contributed by atoms with E-state index in [1.807, 2.05) is 0 Å². The minimum Gasteiger partial charge on any atom is -0.496 e. The van der Waals surface area contributed by atoms with Gasteiger partial charge in [-0.25, -0.2) is 4.79 Å². The standard InChI is InChI=1S/C29H22F9NO3/c1-14-3-5-20(24(9-14)41-2)19-6-4-16(27(30,31)32)13-21(19)22-7-8-23-25(42-26(40)39(22)23)15-10-17(28(33,34)35)12-18(11-15)29(36,37)38/h3-6,9-13,22-23,25H,7-8H2,1-2H3/t22-,23-,25+/m0/s1. The molecule has 13 heteroatoms. The van der Waals surface area contributed by atoms with E-state index in [2.05, 4.69) is 0 Å². The van der Waals surface area contributed by atoms with Crippen LogP contribution < -0.4 is 4.74 Å². The summed E-state index contributed by atoms with van der Waals surface area (Å²) in [6.07, 6.45) is -17.4. The second-order valence-corrected chi connectivity index (χ2v) is 10.2. The number of aryl methyl sites for hydroxylation is 1. The van der Waals surface area contributed by atoms with Crippen molar-refractivity contribution in [3.8, 4) is 16.9 Å². The molecule has 3 aromatic rings. The molecule has 224 valence electrons. The highest BCUT2D eigenvalue weighted by Crippen LogP contribution is 2.51. The van der Waals surface area contributed by atoms with Gasteiger partial charge in [0.1, 0.15) is 11.9 Å². The molecule has 4 nitrogen and oxygen atoms in total.